The van der Waals surface area contributed by atoms with Gasteiger partial charge in [-0.15, -0.1) is 0 Å². The van der Waals surface area contributed by atoms with Crippen molar-refractivity contribution in [3.63, 3.8) is 0 Å². The third-order valence-corrected chi connectivity index (χ3v) is 3.95. The van der Waals surface area contributed by atoms with E-state index < -0.39 is 0 Å². The van der Waals surface area contributed by atoms with Crippen molar-refractivity contribution in [3.05, 3.63) is 35.4 Å². The fourth-order valence-electron chi connectivity index (χ4n) is 2.56. The van der Waals surface area contributed by atoms with Crippen LogP contribution in [0, 0.1) is 5.92 Å². The number of hydrogen-bond donors (Lipinski definition) is 1. The molecule has 0 saturated carbocycles. The molecule has 0 aliphatic carbocycles. The number of carbonyl (C=O) groups is 1. The Bertz CT molecular complexity index is 717. The molecular formula is C17H20ClN3O. The van der Waals surface area contributed by atoms with Crippen molar-refractivity contribution in [3.8, 4) is 0 Å². The van der Waals surface area contributed by atoms with Gasteiger partial charge in [0.05, 0.1) is 11.4 Å². The molecule has 1 aliphatic heterocycles. The highest BCUT2D eigenvalue weighted by molar-refractivity contribution is 6.31. The van der Waals surface area contributed by atoms with Crippen LogP contribution in [0.25, 0.3) is 10.9 Å². The molecule has 4 nitrogen and oxygen atoms in total. The van der Waals surface area contributed by atoms with Crippen LogP contribution in [0.3, 0.4) is 0 Å². The van der Waals surface area contributed by atoms with E-state index in [2.05, 4.69) is 15.2 Å². The van der Waals surface area contributed by atoms with E-state index in [0.29, 0.717) is 18.1 Å². The second-order valence-electron chi connectivity index (χ2n) is 6.85. The lowest BCUT2D eigenvalue weighted by molar-refractivity contribution is -0.127. The molecule has 116 valence electrons. The molecule has 1 N–H and O–H groups in total. The lowest BCUT2D eigenvalue weighted by Gasteiger charge is -2.40. The number of carbonyl (C=O) groups excluding carboxylic acids is 1. The highest BCUT2D eigenvalue weighted by atomic mass is 35.5. The summed E-state index contributed by atoms with van der Waals surface area (Å²) in [6.45, 7) is 7.42. The first kappa shape index (κ1) is 15.1. The largest absolute Gasteiger partial charge is 0.355 e. The maximum absolute atomic E-state index is 12.1. The van der Waals surface area contributed by atoms with Crippen LogP contribution < -0.4 is 10.2 Å². The average molecular weight is 318 g/mol. The van der Waals surface area contributed by atoms with Crippen LogP contribution in [0.2, 0.25) is 5.02 Å². The van der Waals surface area contributed by atoms with E-state index in [1.165, 1.54) is 0 Å². The number of pyridine rings is 1. The topological polar surface area (TPSA) is 45.2 Å². The molecule has 2 aromatic rings. The molecule has 1 aromatic carbocycles. The van der Waals surface area contributed by atoms with E-state index in [1.807, 2.05) is 51.1 Å². The van der Waals surface area contributed by atoms with Gasteiger partial charge < -0.3 is 10.2 Å². The summed E-state index contributed by atoms with van der Waals surface area (Å²) in [7, 11) is 0. The minimum Gasteiger partial charge on any atom is -0.355 e. The monoisotopic (exact) mass is 317 g/mol. The van der Waals surface area contributed by atoms with Crippen molar-refractivity contribution < 1.29 is 4.79 Å². The van der Waals surface area contributed by atoms with Gasteiger partial charge in [-0.2, -0.15) is 0 Å². The van der Waals surface area contributed by atoms with Crippen molar-refractivity contribution in [2.24, 2.45) is 5.92 Å². The Hall–Kier alpha value is -1.81. The van der Waals surface area contributed by atoms with Gasteiger partial charge in [0.2, 0.25) is 5.91 Å². The first-order chi connectivity index (χ1) is 10.3. The van der Waals surface area contributed by atoms with Gasteiger partial charge >= 0.3 is 0 Å². The number of hydrogen-bond acceptors (Lipinski definition) is 3. The summed E-state index contributed by atoms with van der Waals surface area (Å²) in [6.07, 6.45) is 0. The number of amides is 1. The molecule has 0 spiro atoms. The van der Waals surface area contributed by atoms with Gasteiger partial charge in [-0.3, -0.25) is 4.79 Å². The maximum atomic E-state index is 12.1. The van der Waals surface area contributed by atoms with E-state index in [0.717, 1.165) is 16.7 Å². The van der Waals surface area contributed by atoms with E-state index in [4.69, 9.17) is 11.6 Å². The molecule has 22 heavy (non-hydrogen) atoms. The second-order valence-corrected chi connectivity index (χ2v) is 7.28. The number of rotatable bonds is 2. The van der Waals surface area contributed by atoms with Gasteiger partial charge in [0.15, 0.2) is 0 Å². The number of nitrogens with one attached hydrogen (secondary N) is 1. The van der Waals surface area contributed by atoms with Crippen LogP contribution in [-0.4, -0.2) is 29.5 Å². The second kappa shape index (κ2) is 5.43. The highest BCUT2D eigenvalue weighted by Gasteiger charge is 2.34. The van der Waals surface area contributed by atoms with Crippen LogP contribution in [0.5, 0.6) is 0 Å². The molecule has 0 atom stereocenters. The molecule has 5 heteroatoms. The summed E-state index contributed by atoms with van der Waals surface area (Å²) in [4.78, 5) is 18.9. The summed E-state index contributed by atoms with van der Waals surface area (Å²) in [5, 5.41) is 4.77. The third-order valence-electron chi connectivity index (χ3n) is 3.71. The van der Waals surface area contributed by atoms with Crippen molar-refractivity contribution in [2.45, 2.75) is 26.3 Å². The smallest absolute Gasteiger partial charge is 0.227 e. The van der Waals surface area contributed by atoms with E-state index in [-0.39, 0.29) is 17.4 Å². The quantitative estimate of drug-likeness (QED) is 0.925. The van der Waals surface area contributed by atoms with Crippen LogP contribution in [0.1, 0.15) is 20.8 Å². The third kappa shape index (κ3) is 3.17. The van der Waals surface area contributed by atoms with Gasteiger partial charge in [0.1, 0.15) is 5.82 Å². The molecule has 1 amide bonds. The zero-order valence-corrected chi connectivity index (χ0v) is 13.8. The van der Waals surface area contributed by atoms with Gasteiger partial charge in [-0.1, -0.05) is 11.6 Å². The zero-order chi connectivity index (χ0) is 15.9. The molecule has 0 radical (unpaired) electrons. The van der Waals surface area contributed by atoms with Crippen LogP contribution in [0.4, 0.5) is 5.82 Å². The van der Waals surface area contributed by atoms with E-state index in [1.54, 1.807) is 0 Å². The maximum Gasteiger partial charge on any atom is 0.227 e. The lowest BCUT2D eigenvalue weighted by Crippen LogP contribution is -2.56. The molecule has 1 aliphatic rings. The first-order valence-electron chi connectivity index (χ1n) is 7.45. The normalized spacial score (nSPS) is 15.7. The number of nitrogens with zero attached hydrogens (tertiary/aromatic N) is 2. The molecule has 0 unspecified atom stereocenters. The SMILES string of the molecule is CC(C)(C)NC(=O)C1CN(c2ccc3cc(Cl)ccc3n2)C1. The predicted octanol–water partition coefficient (Wildman–Crippen LogP) is 3.24. The number of anilines is 1. The van der Waals surface area contributed by atoms with Gasteiger partial charge in [-0.05, 0) is 51.1 Å². The molecule has 0 bridgehead atoms. The van der Waals surface area contributed by atoms with Crippen molar-refractivity contribution in [1.82, 2.24) is 10.3 Å². The Morgan fingerprint density at radius 1 is 1.27 bits per heavy atom. The van der Waals surface area contributed by atoms with E-state index >= 15 is 0 Å². The molecule has 2 heterocycles. The molecule has 1 fully saturated rings. The molecule has 1 aromatic heterocycles. The number of fused-ring (bicyclic) bond motifs is 1. The van der Waals surface area contributed by atoms with Gasteiger partial charge in [0, 0.05) is 29.0 Å². The Morgan fingerprint density at radius 2 is 2.00 bits per heavy atom. The number of aromatic nitrogens is 1. The highest BCUT2D eigenvalue weighted by Crippen LogP contribution is 2.26. The van der Waals surface area contributed by atoms with Gasteiger partial charge in [-0.25, -0.2) is 4.98 Å². The summed E-state index contributed by atoms with van der Waals surface area (Å²) >= 11 is 5.98. The van der Waals surface area contributed by atoms with Crippen molar-refractivity contribution >= 4 is 34.2 Å². The van der Waals surface area contributed by atoms with E-state index in [9.17, 15) is 4.79 Å². The minimum atomic E-state index is -0.183. The Balaban J connectivity index is 1.68. The fourth-order valence-corrected chi connectivity index (χ4v) is 2.75. The fraction of sp³-hybridized carbons (Fsp3) is 0.412. The predicted molar refractivity (Wildman–Crippen MR) is 90.4 cm³/mol. The average Bonchev–Trinajstić information content (AvgIpc) is 2.35. The molecular weight excluding hydrogens is 298 g/mol. The molecule has 3 rings (SSSR count). The number of halogens is 1. The standard InChI is InChI=1S/C17H20ClN3O/c1-17(2,3)20-16(22)12-9-21(10-12)15-7-4-11-8-13(18)5-6-14(11)19-15/h4-8,12H,9-10H2,1-3H3,(H,20,22). The van der Waals surface area contributed by atoms with Gasteiger partial charge in [0.25, 0.3) is 0 Å². The summed E-state index contributed by atoms with van der Waals surface area (Å²) < 4.78 is 0. The summed E-state index contributed by atoms with van der Waals surface area (Å²) in [5.74, 6) is 1.08. The lowest BCUT2D eigenvalue weighted by atomic mass is 9.97. The Morgan fingerprint density at radius 3 is 2.68 bits per heavy atom. The Labute approximate surface area is 135 Å². The van der Waals surface area contributed by atoms with Crippen molar-refractivity contribution in [1.29, 1.82) is 0 Å². The zero-order valence-electron chi connectivity index (χ0n) is 13.1. The van der Waals surface area contributed by atoms with Crippen LogP contribution >= 0.6 is 11.6 Å². The molecule has 1 saturated heterocycles. The van der Waals surface area contributed by atoms with Crippen molar-refractivity contribution in [2.75, 3.05) is 18.0 Å². The summed E-state index contributed by atoms with van der Waals surface area (Å²) in [6, 6.07) is 9.67. The minimum absolute atomic E-state index is 0.0435. The summed E-state index contributed by atoms with van der Waals surface area (Å²) in [5.41, 5.74) is 0.738. The van der Waals surface area contributed by atoms with Crippen LogP contribution in [0.15, 0.2) is 30.3 Å². The number of benzene rings is 1. The first-order valence-corrected chi connectivity index (χ1v) is 7.83. The Kier molecular flexibility index (Phi) is 3.73. The van der Waals surface area contributed by atoms with Crippen LogP contribution in [-0.2, 0) is 4.79 Å².